The minimum atomic E-state index is -0.394. The Morgan fingerprint density at radius 3 is 2.56 bits per heavy atom. The lowest BCUT2D eigenvalue weighted by molar-refractivity contribution is -0.144. The summed E-state index contributed by atoms with van der Waals surface area (Å²) in [6.45, 7) is 9.41. The van der Waals surface area contributed by atoms with E-state index in [1.807, 2.05) is 19.1 Å². The summed E-state index contributed by atoms with van der Waals surface area (Å²) >= 11 is 0. The monoisotopic (exact) mass is 334 g/mol. The van der Waals surface area contributed by atoms with E-state index < -0.39 is 5.97 Å². The van der Waals surface area contributed by atoms with Gasteiger partial charge >= 0.3 is 5.97 Å². The number of ether oxygens (including phenoxy) is 2. The molecule has 3 nitrogen and oxygen atoms in total. The van der Waals surface area contributed by atoms with Crippen molar-refractivity contribution in [3.63, 3.8) is 0 Å². The summed E-state index contributed by atoms with van der Waals surface area (Å²) in [6.07, 6.45) is -0.358. The van der Waals surface area contributed by atoms with E-state index in [1.54, 1.807) is 6.92 Å². The molecule has 0 saturated heterocycles. The molecule has 3 rings (SSSR count). The van der Waals surface area contributed by atoms with Gasteiger partial charge in [-0.2, -0.15) is 0 Å². The van der Waals surface area contributed by atoms with Crippen LogP contribution in [-0.4, -0.2) is 18.7 Å². The molecule has 0 bridgehead atoms. The Morgan fingerprint density at radius 2 is 1.80 bits per heavy atom. The van der Waals surface area contributed by atoms with Gasteiger partial charge in [0, 0.05) is 16.3 Å². The molecule has 1 unspecified atom stereocenters. The summed E-state index contributed by atoms with van der Waals surface area (Å²) < 4.78 is 11.4. The van der Waals surface area contributed by atoms with E-state index in [0.717, 1.165) is 27.3 Å². The number of fused-ring (bicyclic) bond motifs is 2. The van der Waals surface area contributed by atoms with Gasteiger partial charge in [-0.25, -0.2) is 4.79 Å². The fraction of sp³-hybridized carbons (Fsp3) is 0.227. The number of aryl methyl sites for hydroxylation is 1. The van der Waals surface area contributed by atoms with Crippen molar-refractivity contribution in [1.29, 1.82) is 0 Å². The van der Waals surface area contributed by atoms with Crippen LogP contribution in [0.2, 0.25) is 0 Å². The zero-order chi connectivity index (χ0) is 18.0. The molecule has 25 heavy (non-hydrogen) atoms. The van der Waals surface area contributed by atoms with Gasteiger partial charge in [0.2, 0.25) is 0 Å². The highest BCUT2D eigenvalue weighted by molar-refractivity contribution is 6.05. The number of benzene rings is 3. The lowest BCUT2D eigenvalue weighted by Gasteiger charge is -2.17. The first-order valence-corrected chi connectivity index (χ1v) is 8.37. The van der Waals surface area contributed by atoms with Gasteiger partial charge in [-0.15, -0.1) is 0 Å². The Labute approximate surface area is 147 Å². The minimum Gasteiger partial charge on any atom is -0.488 e. The van der Waals surface area contributed by atoms with Gasteiger partial charge in [0.05, 0.1) is 0 Å². The van der Waals surface area contributed by atoms with Crippen LogP contribution in [0.5, 0.6) is 5.75 Å². The maximum atomic E-state index is 11.7. The average molecular weight is 334 g/mol. The lowest BCUT2D eigenvalue weighted by Crippen LogP contribution is -2.22. The van der Waals surface area contributed by atoms with Crippen LogP contribution in [0.1, 0.15) is 19.4 Å². The van der Waals surface area contributed by atoms with Crippen molar-refractivity contribution in [3.8, 4) is 5.75 Å². The van der Waals surface area contributed by atoms with E-state index in [0.29, 0.717) is 5.57 Å². The first kappa shape index (κ1) is 17.0. The minimum absolute atomic E-state index is 0.288. The van der Waals surface area contributed by atoms with Gasteiger partial charge in [0.15, 0.2) is 0 Å². The molecule has 0 fully saturated rings. The highest BCUT2D eigenvalue weighted by Crippen LogP contribution is 2.35. The Bertz CT molecular complexity index is 956. The van der Waals surface area contributed by atoms with Crippen LogP contribution < -0.4 is 4.74 Å². The summed E-state index contributed by atoms with van der Waals surface area (Å²) in [4.78, 5) is 11.7. The van der Waals surface area contributed by atoms with Crippen LogP contribution in [0.3, 0.4) is 0 Å². The van der Waals surface area contributed by atoms with Crippen LogP contribution in [0.15, 0.2) is 60.7 Å². The molecule has 1 atom stereocenters. The Hall–Kier alpha value is -2.81. The molecular weight excluding hydrogens is 312 g/mol. The molecule has 0 amide bonds. The fourth-order valence-electron chi connectivity index (χ4n) is 2.81. The van der Waals surface area contributed by atoms with Crippen LogP contribution in [0.25, 0.3) is 21.5 Å². The van der Waals surface area contributed by atoms with Crippen LogP contribution >= 0.6 is 0 Å². The third-order valence-electron chi connectivity index (χ3n) is 4.09. The molecule has 0 spiro atoms. The summed E-state index contributed by atoms with van der Waals surface area (Å²) in [7, 11) is 0. The molecule has 0 saturated carbocycles. The molecule has 128 valence electrons. The normalized spacial score (nSPS) is 12.1. The van der Waals surface area contributed by atoms with E-state index in [4.69, 9.17) is 9.47 Å². The number of rotatable bonds is 5. The zero-order valence-electron chi connectivity index (χ0n) is 14.8. The first-order chi connectivity index (χ1) is 12.0. The van der Waals surface area contributed by atoms with Gasteiger partial charge < -0.3 is 9.47 Å². The molecule has 0 aliphatic rings. The Kier molecular flexibility index (Phi) is 4.75. The van der Waals surface area contributed by atoms with Gasteiger partial charge in [0.1, 0.15) is 18.5 Å². The smallest absolute Gasteiger partial charge is 0.333 e. The standard InChI is InChI=1S/C22H22O3/c1-14(2)22(23)25-16(4)13-24-21-19-8-6-5-7-17(19)12-18-10-9-15(3)11-20(18)21/h5-12,16H,1,13H2,2-4H3. The molecule has 3 aromatic carbocycles. The van der Waals surface area contributed by atoms with E-state index in [9.17, 15) is 4.79 Å². The van der Waals surface area contributed by atoms with Crippen LogP contribution in [0, 0.1) is 6.92 Å². The number of hydrogen-bond donors (Lipinski definition) is 0. The lowest BCUT2D eigenvalue weighted by atomic mass is 10.0. The molecule has 3 heteroatoms. The van der Waals surface area contributed by atoms with Crippen LogP contribution in [0.4, 0.5) is 0 Å². The first-order valence-electron chi connectivity index (χ1n) is 8.37. The van der Waals surface area contributed by atoms with Crippen LogP contribution in [-0.2, 0) is 9.53 Å². The summed E-state index contributed by atoms with van der Waals surface area (Å²) in [5.74, 6) is 0.435. The van der Waals surface area contributed by atoms with Crippen molar-refractivity contribution in [3.05, 3.63) is 66.2 Å². The second-order valence-corrected chi connectivity index (χ2v) is 6.46. The largest absolute Gasteiger partial charge is 0.488 e. The second-order valence-electron chi connectivity index (χ2n) is 6.46. The number of hydrogen-bond acceptors (Lipinski definition) is 3. The highest BCUT2D eigenvalue weighted by Gasteiger charge is 2.14. The van der Waals surface area contributed by atoms with Crippen molar-refractivity contribution >= 4 is 27.5 Å². The topological polar surface area (TPSA) is 35.5 Å². The molecule has 0 aromatic heterocycles. The molecule has 0 N–H and O–H groups in total. The SMILES string of the molecule is C=C(C)C(=O)OC(C)COc1c2ccccc2cc2ccc(C)cc12. The third kappa shape index (κ3) is 3.66. The average Bonchev–Trinajstić information content (AvgIpc) is 2.58. The van der Waals surface area contributed by atoms with Gasteiger partial charge in [-0.3, -0.25) is 0 Å². The van der Waals surface area contributed by atoms with Gasteiger partial charge in [0.25, 0.3) is 0 Å². The number of carbonyl (C=O) groups excluding carboxylic acids is 1. The predicted octanol–water partition coefficient (Wildman–Crippen LogP) is 5.19. The van der Waals surface area contributed by atoms with Gasteiger partial charge in [-0.05, 0) is 43.7 Å². The molecular formula is C22H22O3. The van der Waals surface area contributed by atoms with E-state index in [2.05, 4.69) is 49.9 Å². The molecule has 0 aliphatic heterocycles. The van der Waals surface area contributed by atoms with Crippen molar-refractivity contribution in [2.24, 2.45) is 0 Å². The quantitative estimate of drug-likeness (QED) is 0.366. The van der Waals surface area contributed by atoms with Crippen molar-refractivity contribution in [2.45, 2.75) is 26.9 Å². The van der Waals surface area contributed by atoms with Gasteiger partial charge in [-0.1, -0.05) is 48.5 Å². The second kappa shape index (κ2) is 6.98. The van der Waals surface area contributed by atoms with E-state index >= 15 is 0 Å². The molecule has 0 heterocycles. The number of carbonyl (C=O) groups is 1. The third-order valence-corrected chi connectivity index (χ3v) is 4.09. The molecule has 0 aliphatic carbocycles. The maximum Gasteiger partial charge on any atom is 0.333 e. The summed E-state index contributed by atoms with van der Waals surface area (Å²) in [5.41, 5.74) is 1.56. The fourth-order valence-corrected chi connectivity index (χ4v) is 2.81. The van der Waals surface area contributed by atoms with E-state index in [-0.39, 0.29) is 12.7 Å². The zero-order valence-corrected chi connectivity index (χ0v) is 14.8. The summed E-state index contributed by atoms with van der Waals surface area (Å²) in [6, 6.07) is 16.6. The van der Waals surface area contributed by atoms with Crippen molar-refractivity contribution < 1.29 is 14.3 Å². The van der Waals surface area contributed by atoms with Crippen molar-refractivity contribution in [1.82, 2.24) is 0 Å². The van der Waals surface area contributed by atoms with Crippen molar-refractivity contribution in [2.75, 3.05) is 6.61 Å². The Balaban J connectivity index is 1.96. The maximum absolute atomic E-state index is 11.7. The molecule has 3 aromatic rings. The number of esters is 1. The predicted molar refractivity (Wildman–Crippen MR) is 102 cm³/mol. The highest BCUT2D eigenvalue weighted by atomic mass is 16.6. The Morgan fingerprint density at radius 1 is 1.08 bits per heavy atom. The summed E-state index contributed by atoms with van der Waals surface area (Å²) in [5, 5.41) is 4.38. The van der Waals surface area contributed by atoms with E-state index in [1.165, 1.54) is 5.56 Å². The molecule has 0 radical (unpaired) electrons.